The van der Waals surface area contributed by atoms with E-state index in [1.165, 1.54) is 17.7 Å². The van der Waals surface area contributed by atoms with E-state index in [2.05, 4.69) is 43.4 Å². The van der Waals surface area contributed by atoms with Gasteiger partial charge in [0, 0.05) is 8.95 Å². The van der Waals surface area contributed by atoms with Crippen LogP contribution in [0.3, 0.4) is 0 Å². The van der Waals surface area contributed by atoms with Crippen molar-refractivity contribution >= 4 is 31.9 Å². The summed E-state index contributed by atoms with van der Waals surface area (Å²) in [6, 6.07) is 10.8. The van der Waals surface area contributed by atoms with Crippen molar-refractivity contribution in [3.8, 4) is 0 Å². The molecular weight excluding hydrogens is 387 g/mol. The predicted molar refractivity (Wildman–Crippen MR) is 86.7 cm³/mol. The van der Waals surface area contributed by atoms with Gasteiger partial charge < -0.3 is 0 Å². The van der Waals surface area contributed by atoms with Crippen molar-refractivity contribution in [1.29, 1.82) is 0 Å². The molecule has 0 bridgehead atoms. The number of nitrogens with two attached hydrogens (primary N) is 1. The minimum Gasteiger partial charge on any atom is -0.271 e. The van der Waals surface area contributed by atoms with E-state index in [0.717, 1.165) is 20.1 Å². The maximum atomic E-state index is 13.1. The van der Waals surface area contributed by atoms with Crippen molar-refractivity contribution in [2.24, 2.45) is 5.84 Å². The van der Waals surface area contributed by atoms with Crippen LogP contribution < -0.4 is 11.3 Å². The van der Waals surface area contributed by atoms with Gasteiger partial charge >= 0.3 is 0 Å². The van der Waals surface area contributed by atoms with Gasteiger partial charge in [-0.15, -0.1) is 0 Å². The zero-order valence-electron chi connectivity index (χ0n) is 11.0. The highest BCUT2D eigenvalue weighted by Crippen LogP contribution is 2.29. The first-order valence-electron chi connectivity index (χ1n) is 6.17. The molecule has 106 valence electrons. The summed E-state index contributed by atoms with van der Waals surface area (Å²) >= 11 is 6.94. The summed E-state index contributed by atoms with van der Waals surface area (Å²) in [6.45, 7) is 2.04. The summed E-state index contributed by atoms with van der Waals surface area (Å²) in [5, 5.41) is 0. The molecule has 0 aromatic heterocycles. The van der Waals surface area contributed by atoms with Gasteiger partial charge in [0.2, 0.25) is 0 Å². The van der Waals surface area contributed by atoms with Crippen LogP contribution in [0, 0.1) is 12.7 Å². The Morgan fingerprint density at radius 1 is 1.15 bits per heavy atom. The molecule has 0 spiro atoms. The van der Waals surface area contributed by atoms with Crippen molar-refractivity contribution in [1.82, 2.24) is 5.43 Å². The van der Waals surface area contributed by atoms with Gasteiger partial charge in [0.05, 0.1) is 6.04 Å². The van der Waals surface area contributed by atoms with Crippen LogP contribution in [-0.4, -0.2) is 0 Å². The van der Waals surface area contributed by atoms with Crippen LogP contribution >= 0.6 is 31.9 Å². The maximum absolute atomic E-state index is 13.1. The summed E-state index contributed by atoms with van der Waals surface area (Å²) in [7, 11) is 0. The second-order valence-electron chi connectivity index (χ2n) is 4.68. The van der Waals surface area contributed by atoms with Gasteiger partial charge in [-0.05, 0) is 42.7 Å². The summed E-state index contributed by atoms with van der Waals surface area (Å²) in [6.07, 6.45) is 0.666. The Kier molecular flexibility index (Phi) is 5.32. The normalized spacial score (nSPS) is 12.4. The van der Waals surface area contributed by atoms with Gasteiger partial charge in [0.1, 0.15) is 5.82 Å². The molecule has 0 aliphatic rings. The monoisotopic (exact) mass is 400 g/mol. The summed E-state index contributed by atoms with van der Waals surface area (Å²) in [4.78, 5) is 0. The summed E-state index contributed by atoms with van der Waals surface area (Å²) < 4.78 is 14.9. The van der Waals surface area contributed by atoms with Crippen molar-refractivity contribution < 1.29 is 4.39 Å². The van der Waals surface area contributed by atoms with Gasteiger partial charge in [0.25, 0.3) is 0 Å². The molecule has 0 amide bonds. The van der Waals surface area contributed by atoms with Crippen molar-refractivity contribution in [3.05, 3.63) is 67.9 Å². The highest BCUT2D eigenvalue weighted by molar-refractivity contribution is 9.10. The molecule has 5 heteroatoms. The van der Waals surface area contributed by atoms with Crippen LogP contribution in [0.25, 0.3) is 0 Å². The molecule has 0 saturated heterocycles. The number of halogens is 3. The summed E-state index contributed by atoms with van der Waals surface area (Å²) in [5.41, 5.74) is 6.09. The topological polar surface area (TPSA) is 38.0 Å². The number of benzene rings is 2. The Balaban J connectivity index is 2.31. The maximum Gasteiger partial charge on any atom is 0.124 e. The largest absolute Gasteiger partial charge is 0.271 e. The average molecular weight is 402 g/mol. The standard InChI is InChI=1S/C15H15Br2FN2/c1-9-2-5-13(16)12(6-9)15(20-19)7-10-3-4-11(18)8-14(10)17/h2-6,8,15,20H,7,19H2,1H3. The van der Waals surface area contributed by atoms with Gasteiger partial charge in [-0.2, -0.15) is 0 Å². The molecule has 0 aliphatic carbocycles. The molecule has 20 heavy (non-hydrogen) atoms. The van der Waals surface area contributed by atoms with Crippen LogP contribution in [0.15, 0.2) is 45.3 Å². The molecule has 2 aromatic rings. The van der Waals surface area contributed by atoms with Gasteiger partial charge in [-0.1, -0.05) is 55.6 Å². The lowest BCUT2D eigenvalue weighted by Crippen LogP contribution is -2.30. The van der Waals surface area contributed by atoms with Gasteiger partial charge in [0.15, 0.2) is 0 Å². The van der Waals surface area contributed by atoms with Crippen LogP contribution in [0.1, 0.15) is 22.7 Å². The predicted octanol–water partition coefficient (Wildman–Crippen LogP) is 4.41. The second kappa shape index (κ2) is 6.80. The van der Waals surface area contributed by atoms with E-state index in [4.69, 9.17) is 5.84 Å². The fraction of sp³-hybridized carbons (Fsp3) is 0.200. The van der Waals surface area contributed by atoms with Crippen LogP contribution in [0.2, 0.25) is 0 Å². The number of hydrazine groups is 1. The van der Waals surface area contributed by atoms with E-state index in [0.29, 0.717) is 6.42 Å². The number of aryl methyl sites for hydroxylation is 1. The van der Waals surface area contributed by atoms with Crippen LogP contribution in [0.5, 0.6) is 0 Å². The van der Waals surface area contributed by atoms with E-state index in [1.54, 1.807) is 6.07 Å². The van der Waals surface area contributed by atoms with Gasteiger partial charge in [-0.3, -0.25) is 11.3 Å². The first kappa shape index (κ1) is 15.6. The van der Waals surface area contributed by atoms with Crippen molar-refractivity contribution in [3.63, 3.8) is 0 Å². The molecule has 2 aromatic carbocycles. The molecule has 1 unspecified atom stereocenters. The highest BCUT2D eigenvalue weighted by Gasteiger charge is 2.15. The number of nitrogens with one attached hydrogen (secondary N) is 1. The number of hydrogen-bond acceptors (Lipinski definition) is 2. The molecule has 3 N–H and O–H groups in total. The minimum absolute atomic E-state index is 0.0500. The zero-order chi connectivity index (χ0) is 14.7. The first-order chi connectivity index (χ1) is 9.51. The molecule has 2 rings (SSSR count). The zero-order valence-corrected chi connectivity index (χ0v) is 14.1. The lowest BCUT2D eigenvalue weighted by molar-refractivity contribution is 0.547. The van der Waals surface area contributed by atoms with E-state index in [1.807, 2.05) is 19.1 Å². The Labute approximate surface area is 134 Å². The lowest BCUT2D eigenvalue weighted by Gasteiger charge is -2.19. The number of hydrogen-bond donors (Lipinski definition) is 2. The van der Waals surface area contributed by atoms with Gasteiger partial charge in [-0.25, -0.2) is 4.39 Å². The Morgan fingerprint density at radius 3 is 2.55 bits per heavy atom. The highest BCUT2D eigenvalue weighted by atomic mass is 79.9. The molecule has 0 heterocycles. The quantitative estimate of drug-likeness (QED) is 0.588. The number of rotatable bonds is 4. The fourth-order valence-electron chi connectivity index (χ4n) is 2.10. The molecule has 2 nitrogen and oxygen atoms in total. The summed E-state index contributed by atoms with van der Waals surface area (Å²) in [5.74, 6) is 5.44. The molecular formula is C15H15Br2FN2. The first-order valence-corrected chi connectivity index (χ1v) is 7.76. The third-order valence-electron chi connectivity index (χ3n) is 3.17. The second-order valence-corrected chi connectivity index (χ2v) is 6.39. The lowest BCUT2D eigenvalue weighted by atomic mass is 9.98. The molecule has 0 fully saturated rings. The van der Waals surface area contributed by atoms with Crippen LogP contribution in [-0.2, 0) is 6.42 Å². The Morgan fingerprint density at radius 2 is 1.90 bits per heavy atom. The molecule has 0 radical (unpaired) electrons. The fourth-order valence-corrected chi connectivity index (χ4v) is 3.13. The molecule has 1 atom stereocenters. The van der Waals surface area contributed by atoms with E-state index >= 15 is 0 Å². The third-order valence-corrected chi connectivity index (χ3v) is 4.63. The molecule has 0 aliphatic heterocycles. The van der Waals surface area contributed by atoms with E-state index in [-0.39, 0.29) is 11.9 Å². The Hall–Kier alpha value is -0.750. The third kappa shape index (κ3) is 3.67. The molecule has 0 saturated carbocycles. The van der Waals surface area contributed by atoms with Crippen molar-refractivity contribution in [2.45, 2.75) is 19.4 Å². The average Bonchev–Trinajstić information content (AvgIpc) is 2.41. The Bertz CT molecular complexity index is 617. The van der Waals surface area contributed by atoms with Crippen LogP contribution in [0.4, 0.5) is 4.39 Å². The SMILES string of the molecule is Cc1ccc(Br)c(C(Cc2ccc(F)cc2Br)NN)c1. The van der Waals surface area contributed by atoms with E-state index in [9.17, 15) is 4.39 Å². The van der Waals surface area contributed by atoms with E-state index < -0.39 is 0 Å². The van der Waals surface area contributed by atoms with Crippen molar-refractivity contribution in [2.75, 3.05) is 0 Å². The minimum atomic E-state index is -0.255. The smallest absolute Gasteiger partial charge is 0.124 e.